The minimum absolute atomic E-state index is 0.0278. The first-order valence-corrected chi connectivity index (χ1v) is 4.46. The summed E-state index contributed by atoms with van der Waals surface area (Å²) in [6, 6.07) is 0. The van der Waals surface area contributed by atoms with Gasteiger partial charge in [-0.05, 0) is 19.6 Å². The molecule has 4 nitrogen and oxygen atoms in total. The monoisotopic (exact) mass is 176 g/mol. The summed E-state index contributed by atoms with van der Waals surface area (Å²) in [6.07, 6.45) is 0. The number of nitrogens with zero attached hydrogens (tertiary/aromatic N) is 2. The lowest BCUT2D eigenvalue weighted by atomic mass is 10.5. The van der Waals surface area contributed by atoms with Gasteiger partial charge >= 0.3 is 0 Å². The average molecular weight is 176 g/mol. The maximum absolute atomic E-state index is 9.17. The third-order valence-electron chi connectivity index (χ3n) is 1.60. The zero-order valence-corrected chi connectivity index (χ0v) is 8.54. The van der Waals surface area contributed by atoms with E-state index in [0.29, 0.717) is 0 Å². The van der Waals surface area contributed by atoms with Crippen LogP contribution in [-0.4, -0.2) is 36.0 Å². The molecule has 0 saturated carbocycles. The summed E-state index contributed by atoms with van der Waals surface area (Å²) in [6.45, 7) is 11.7. The zero-order chi connectivity index (χ0) is 9.98. The molecule has 0 aromatic heterocycles. The molecule has 0 fully saturated rings. The van der Waals surface area contributed by atoms with Crippen LogP contribution >= 0.6 is 0 Å². The number of hydrogen-bond donors (Lipinski definition) is 0. The van der Waals surface area contributed by atoms with Crippen LogP contribution in [0.4, 0.5) is 0 Å². The fourth-order valence-electron chi connectivity index (χ4n) is 0.671. The molecule has 74 valence electrons. The van der Waals surface area contributed by atoms with E-state index in [1.54, 1.807) is 0 Å². The van der Waals surface area contributed by atoms with Gasteiger partial charge in [0.25, 0.3) is 0 Å². The first kappa shape index (κ1) is 13.9. The van der Waals surface area contributed by atoms with Crippen molar-refractivity contribution in [3.8, 4) is 0 Å². The minimum atomic E-state index is -0.375. The second-order valence-electron chi connectivity index (χ2n) is 2.27. The van der Waals surface area contributed by atoms with Crippen LogP contribution in [0.1, 0.15) is 27.7 Å². The van der Waals surface area contributed by atoms with E-state index in [-0.39, 0.29) is 11.5 Å². The lowest BCUT2D eigenvalue weighted by Gasteiger charge is -2.13. The molecule has 0 unspecified atom stereocenters. The summed E-state index contributed by atoms with van der Waals surface area (Å²) in [7, 11) is 0. The van der Waals surface area contributed by atoms with Gasteiger partial charge in [0.15, 0.2) is 0 Å². The van der Waals surface area contributed by atoms with Crippen LogP contribution in [0.3, 0.4) is 0 Å². The molecule has 0 heterocycles. The van der Waals surface area contributed by atoms with Crippen LogP contribution in [-0.2, 0) is 0 Å². The van der Waals surface area contributed by atoms with Crippen LogP contribution in [0.15, 0.2) is 0 Å². The largest absolute Gasteiger partial charge is 0.304 e. The highest BCUT2D eigenvalue weighted by Crippen LogP contribution is 1.81. The van der Waals surface area contributed by atoms with E-state index in [4.69, 9.17) is 0 Å². The van der Waals surface area contributed by atoms with Crippen molar-refractivity contribution in [2.45, 2.75) is 27.7 Å². The van der Waals surface area contributed by atoms with Gasteiger partial charge in [0.1, 0.15) is 0 Å². The quantitative estimate of drug-likeness (QED) is 0.483. The highest BCUT2D eigenvalue weighted by atomic mass is 16.6. The molecule has 0 spiro atoms. The summed E-state index contributed by atoms with van der Waals surface area (Å²) in [5.74, 6) is 0. The molecule has 0 aliphatic carbocycles. The van der Waals surface area contributed by atoms with Crippen molar-refractivity contribution in [3.05, 3.63) is 10.1 Å². The molecule has 4 heteroatoms. The summed E-state index contributed by atoms with van der Waals surface area (Å²) < 4.78 is 0. The van der Waals surface area contributed by atoms with Crippen molar-refractivity contribution in [2.75, 3.05) is 26.2 Å². The molecule has 0 atom stereocenters. The van der Waals surface area contributed by atoms with Crippen LogP contribution < -0.4 is 0 Å². The van der Waals surface area contributed by atoms with Crippen LogP contribution in [0, 0.1) is 10.1 Å². The lowest BCUT2D eigenvalue weighted by molar-refractivity contribution is -0.475. The van der Waals surface area contributed by atoms with Gasteiger partial charge in [0, 0.05) is 11.8 Å². The second-order valence-corrected chi connectivity index (χ2v) is 2.27. The van der Waals surface area contributed by atoms with Crippen LogP contribution in [0.2, 0.25) is 0 Å². The Morgan fingerprint density at radius 2 is 1.33 bits per heavy atom. The molecule has 0 aliphatic rings. The van der Waals surface area contributed by atoms with Crippen LogP contribution in [0.5, 0.6) is 0 Å². The van der Waals surface area contributed by atoms with E-state index >= 15 is 0 Å². The average Bonchev–Trinajstić information content (AvgIpc) is 2.09. The highest BCUT2D eigenvalue weighted by molar-refractivity contribution is 4.43. The van der Waals surface area contributed by atoms with Gasteiger partial charge in [-0.15, -0.1) is 0 Å². The third kappa shape index (κ3) is 12.1. The molecule has 0 aromatic rings. The number of hydrogen-bond acceptors (Lipinski definition) is 3. The lowest BCUT2D eigenvalue weighted by Crippen LogP contribution is -2.21. The van der Waals surface area contributed by atoms with Crippen LogP contribution in [0.25, 0.3) is 0 Å². The fourth-order valence-corrected chi connectivity index (χ4v) is 0.671. The van der Waals surface area contributed by atoms with E-state index in [0.717, 1.165) is 0 Å². The molecule has 0 N–H and O–H groups in total. The number of nitro groups is 1. The minimum Gasteiger partial charge on any atom is -0.304 e. The Morgan fingerprint density at radius 1 is 1.08 bits per heavy atom. The molecule has 0 amide bonds. The predicted octanol–water partition coefficient (Wildman–Crippen LogP) is 1.63. The molecular weight excluding hydrogens is 156 g/mol. The van der Waals surface area contributed by atoms with Crippen molar-refractivity contribution >= 4 is 0 Å². The van der Waals surface area contributed by atoms with Crippen molar-refractivity contribution in [1.82, 2.24) is 4.90 Å². The van der Waals surface area contributed by atoms with E-state index < -0.39 is 0 Å². The Hall–Kier alpha value is -0.640. The van der Waals surface area contributed by atoms with E-state index in [2.05, 4.69) is 25.7 Å². The SMILES string of the molecule is CCN(CC)CC.CC[N+](=O)[O-]. The van der Waals surface area contributed by atoms with Gasteiger partial charge in [-0.2, -0.15) is 0 Å². The second kappa shape index (κ2) is 10.4. The highest BCUT2D eigenvalue weighted by Gasteiger charge is 1.89. The van der Waals surface area contributed by atoms with Gasteiger partial charge < -0.3 is 4.90 Å². The predicted molar refractivity (Wildman–Crippen MR) is 51.0 cm³/mol. The molecule has 0 aliphatic heterocycles. The van der Waals surface area contributed by atoms with Crippen molar-refractivity contribution in [3.63, 3.8) is 0 Å². The summed E-state index contributed by atoms with van der Waals surface area (Å²) in [5, 5.41) is 9.17. The van der Waals surface area contributed by atoms with E-state index in [9.17, 15) is 10.1 Å². The Morgan fingerprint density at radius 3 is 1.33 bits per heavy atom. The maximum Gasteiger partial charge on any atom is 0.201 e. The smallest absolute Gasteiger partial charge is 0.201 e. The van der Waals surface area contributed by atoms with Crippen molar-refractivity contribution in [1.29, 1.82) is 0 Å². The first-order chi connectivity index (χ1) is 5.62. The molecule has 0 aromatic carbocycles. The standard InChI is InChI=1S/C6H15N.C2H5NO2/c1-4-7(5-2)6-3;1-2-3(4)5/h4-6H2,1-3H3;2H2,1H3. The maximum atomic E-state index is 9.17. The summed E-state index contributed by atoms with van der Waals surface area (Å²) in [5.41, 5.74) is 0. The molecule has 0 saturated heterocycles. The third-order valence-corrected chi connectivity index (χ3v) is 1.60. The van der Waals surface area contributed by atoms with Gasteiger partial charge in [0.2, 0.25) is 6.54 Å². The summed E-state index contributed by atoms with van der Waals surface area (Å²) >= 11 is 0. The topological polar surface area (TPSA) is 46.4 Å². The zero-order valence-electron chi connectivity index (χ0n) is 8.54. The molecule has 12 heavy (non-hydrogen) atoms. The van der Waals surface area contributed by atoms with E-state index in [1.165, 1.54) is 26.6 Å². The molecular formula is C8H20N2O2. The van der Waals surface area contributed by atoms with Crippen molar-refractivity contribution < 1.29 is 4.92 Å². The van der Waals surface area contributed by atoms with E-state index in [1.807, 2.05) is 0 Å². The molecule has 0 radical (unpaired) electrons. The molecule has 0 rings (SSSR count). The Kier molecular flexibility index (Phi) is 12.0. The molecule has 0 bridgehead atoms. The van der Waals surface area contributed by atoms with Gasteiger partial charge in [0.05, 0.1) is 0 Å². The Labute approximate surface area is 74.7 Å². The van der Waals surface area contributed by atoms with Gasteiger partial charge in [-0.3, -0.25) is 10.1 Å². The Balaban J connectivity index is 0. The van der Waals surface area contributed by atoms with Gasteiger partial charge in [-0.25, -0.2) is 0 Å². The first-order valence-electron chi connectivity index (χ1n) is 4.46. The normalized spacial score (nSPS) is 9.08. The fraction of sp³-hybridized carbons (Fsp3) is 1.00. The number of rotatable bonds is 4. The Bertz CT molecular complexity index is 97.7. The van der Waals surface area contributed by atoms with Gasteiger partial charge in [-0.1, -0.05) is 20.8 Å². The van der Waals surface area contributed by atoms with Crippen molar-refractivity contribution in [2.24, 2.45) is 0 Å². The summed E-state index contributed by atoms with van der Waals surface area (Å²) in [4.78, 5) is 11.2.